The van der Waals surface area contributed by atoms with Crippen LogP contribution in [-0.2, 0) is 6.54 Å². The Bertz CT molecular complexity index is 614. The van der Waals surface area contributed by atoms with Crippen LogP contribution in [-0.4, -0.2) is 21.5 Å². The Kier molecular flexibility index (Phi) is 4.30. The van der Waals surface area contributed by atoms with Crippen LogP contribution in [0.3, 0.4) is 0 Å². The number of Topliss-reactive ketones (excluding diaryl/α,β-unsaturated/α-hetero) is 1. The summed E-state index contributed by atoms with van der Waals surface area (Å²) < 4.78 is 1.68. The minimum absolute atomic E-state index is 0.00361. The third kappa shape index (κ3) is 3.12. The number of aryl methyl sites for hydroxylation is 1. The molecule has 1 aromatic heterocycles. The molecule has 0 aliphatic heterocycles. The van der Waals surface area contributed by atoms with Gasteiger partial charge in [0.25, 0.3) is 5.91 Å². The van der Waals surface area contributed by atoms with Gasteiger partial charge in [-0.05, 0) is 43.7 Å². The van der Waals surface area contributed by atoms with E-state index < -0.39 is 0 Å². The zero-order valence-electron chi connectivity index (χ0n) is 11.6. The summed E-state index contributed by atoms with van der Waals surface area (Å²) in [6, 6.07) is 8.52. The molecule has 0 saturated heterocycles. The Morgan fingerprint density at radius 1 is 1.20 bits per heavy atom. The summed E-state index contributed by atoms with van der Waals surface area (Å²) in [6.45, 7) is 4.25. The lowest BCUT2D eigenvalue weighted by molar-refractivity contribution is 0.101. The molecule has 20 heavy (non-hydrogen) atoms. The van der Waals surface area contributed by atoms with Gasteiger partial charge in [0.05, 0.1) is 0 Å². The Morgan fingerprint density at radius 3 is 2.50 bits per heavy atom. The number of amides is 1. The highest BCUT2D eigenvalue weighted by Crippen LogP contribution is 2.12. The predicted octanol–water partition coefficient (Wildman–Crippen LogP) is 2.75. The topological polar surface area (TPSA) is 64.0 Å². The standard InChI is InChI=1S/C15H17N3O2/c1-3-10-18-14(8-9-16-18)15(20)17-13-6-4-12(5-7-13)11(2)19/h4-9H,3,10H2,1-2H3,(H,17,20). The van der Waals surface area contributed by atoms with Gasteiger partial charge in [0, 0.05) is 24.0 Å². The quantitative estimate of drug-likeness (QED) is 0.850. The zero-order valence-corrected chi connectivity index (χ0v) is 11.6. The fourth-order valence-corrected chi connectivity index (χ4v) is 1.90. The van der Waals surface area contributed by atoms with Gasteiger partial charge < -0.3 is 5.32 Å². The zero-order chi connectivity index (χ0) is 14.5. The van der Waals surface area contributed by atoms with Crippen LogP contribution in [0.15, 0.2) is 36.5 Å². The van der Waals surface area contributed by atoms with E-state index in [1.807, 2.05) is 6.92 Å². The Hall–Kier alpha value is -2.43. The minimum atomic E-state index is -0.202. The van der Waals surface area contributed by atoms with Crippen LogP contribution in [0.5, 0.6) is 0 Å². The molecule has 0 atom stereocenters. The molecular weight excluding hydrogens is 254 g/mol. The number of carbonyl (C=O) groups is 2. The number of hydrogen-bond donors (Lipinski definition) is 1. The maximum absolute atomic E-state index is 12.2. The van der Waals surface area contributed by atoms with Gasteiger partial charge >= 0.3 is 0 Å². The Balaban J connectivity index is 2.11. The number of benzene rings is 1. The summed E-state index contributed by atoms with van der Waals surface area (Å²) >= 11 is 0. The molecule has 1 N–H and O–H groups in total. The van der Waals surface area contributed by atoms with Crippen LogP contribution in [0.2, 0.25) is 0 Å². The van der Waals surface area contributed by atoms with E-state index in [4.69, 9.17) is 0 Å². The number of nitrogens with zero attached hydrogens (tertiary/aromatic N) is 2. The molecule has 0 spiro atoms. The third-order valence-electron chi connectivity index (χ3n) is 2.93. The molecule has 0 aliphatic carbocycles. The summed E-state index contributed by atoms with van der Waals surface area (Å²) in [5.41, 5.74) is 1.81. The van der Waals surface area contributed by atoms with Crippen LogP contribution in [0.4, 0.5) is 5.69 Å². The van der Waals surface area contributed by atoms with Crippen molar-refractivity contribution in [1.82, 2.24) is 9.78 Å². The van der Waals surface area contributed by atoms with Crippen LogP contribution < -0.4 is 5.32 Å². The molecule has 2 rings (SSSR count). The van der Waals surface area contributed by atoms with E-state index in [1.165, 1.54) is 6.92 Å². The van der Waals surface area contributed by atoms with Crippen molar-refractivity contribution in [3.63, 3.8) is 0 Å². The van der Waals surface area contributed by atoms with E-state index in [1.54, 1.807) is 41.2 Å². The van der Waals surface area contributed by atoms with Gasteiger partial charge in [-0.1, -0.05) is 6.92 Å². The average Bonchev–Trinajstić information content (AvgIpc) is 2.88. The summed E-state index contributed by atoms with van der Waals surface area (Å²) in [5.74, 6) is -0.199. The van der Waals surface area contributed by atoms with E-state index in [0.29, 0.717) is 23.5 Å². The van der Waals surface area contributed by atoms with Crippen molar-refractivity contribution in [2.75, 3.05) is 5.32 Å². The monoisotopic (exact) mass is 271 g/mol. The molecule has 5 heteroatoms. The average molecular weight is 271 g/mol. The van der Waals surface area contributed by atoms with E-state index in [-0.39, 0.29) is 11.7 Å². The number of ketones is 1. The second kappa shape index (κ2) is 6.14. The van der Waals surface area contributed by atoms with E-state index in [9.17, 15) is 9.59 Å². The molecule has 1 heterocycles. The van der Waals surface area contributed by atoms with Gasteiger partial charge in [0.2, 0.25) is 0 Å². The lowest BCUT2D eigenvalue weighted by Gasteiger charge is -2.07. The largest absolute Gasteiger partial charge is 0.321 e. The summed E-state index contributed by atoms with van der Waals surface area (Å²) in [4.78, 5) is 23.3. The first-order chi connectivity index (χ1) is 9.61. The number of carbonyl (C=O) groups excluding carboxylic acids is 2. The van der Waals surface area contributed by atoms with Crippen molar-refractivity contribution in [2.24, 2.45) is 0 Å². The van der Waals surface area contributed by atoms with Crippen molar-refractivity contribution < 1.29 is 9.59 Å². The molecule has 0 radical (unpaired) electrons. The highest BCUT2D eigenvalue weighted by Gasteiger charge is 2.11. The maximum atomic E-state index is 12.2. The SMILES string of the molecule is CCCn1nccc1C(=O)Nc1ccc(C(C)=O)cc1. The summed E-state index contributed by atoms with van der Waals surface area (Å²) in [5, 5.41) is 6.92. The molecular formula is C15H17N3O2. The molecule has 5 nitrogen and oxygen atoms in total. The van der Waals surface area contributed by atoms with Crippen molar-refractivity contribution in [3.8, 4) is 0 Å². The second-order valence-electron chi connectivity index (χ2n) is 4.53. The first-order valence-electron chi connectivity index (χ1n) is 6.56. The van der Waals surface area contributed by atoms with E-state index in [0.717, 1.165) is 6.42 Å². The normalized spacial score (nSPS) is 10.3. The summed E-state index contributed by atoms with van der Waals surface area (Å²) in [7, 11) is 0. The number of hydrogen-bond acceptors (Lipinski definition) is 3. The highest BCUT2D eigenvalue weighted by atomic mass is 16.2. The molecule has 0 aliphatic rings. The second-order valence-corrected chi connectivity index (χ2v) is 4.53. The number of aromatic nitrogens is 2. The molecule has 0 unspecified atom stereocenters. The van der Waals surface area contributed by atoms with Crippen LogP contribution in [0.1, 0.15) is 41.1 Å². The summed E-state index contributed by atoms with van der Waals surface area (Å²) in [6.07, 6.45) is 2.53. The fraction of sp³-hybridized carbons (Fsp3) is 0.267. The first kappa shape index (κ1) is 14.0. The Morgan fingerprint density at radius 2 is 1.90 bits per heavy atom. The van der Waals surface area contributed by atoms with Gasteiger partial charge in [-0.15, -0.1) is 0 Å². The molecule has 2 aromatic rings. The van der Waals surface area contributed by atoms with Crippen molar-refractivity contribution in [2.45, 2.75) is 26.8 Å². The molecule has 0 saturated carbocycles. The van der Waals surface area contributed by atoms with Gasteiger partial charge in [-0.2, -0.15) is 5.10 Å². The van der Waals surface area contributed by atoms with E-state index in [2.05, 4.69) is 10.4 Å². The Labute approximate surface area is 117 Å². The number of rotatable bonds is 5. The van der Waals surface area contributed by atoms with Gasteiger partial charge in [-0.3, -0.25) is 14.3 Å². The van der Waals surface area contributed by atoms with Crippen LogP contribution >= 0.6 is 0 Å². The number of anilines is 1. The van der Waals surface area contributed by atoms with Crippen molar-refractivity contribution >= 4 is 17.4 Å². The molecule has 104 valence electrons. The van der Waals surface area contributed by atoms with Crippen LogP contribution in [0, 0.1) is 0 Å². The van der Waals surface area contributed by atoms with Gasteiger partial charge in [0.15, 0.2) is 5.78 Å². The smallest absolute Gasteiger partial charge is 0.273 e. The molecule has 1 amide bonds. The fourth-order valence-electron chi connectivity index (χ4n) is 1.90. The lowest BCUT2D eigenvalue weighted by Crippen LogP contribution is -2.17. The molecule has 0 fully saturated rings. The predicted molar refractivity (Wildman–Crippen MR) is 76.9 cm³/mol. The first-order valence-corrected chi connectivity index (χ1v) is 6.56. The van der Waals surface area contributed by atoms with Crippen molar-refractivity contribution in [1.29, 1.82) is 0 Å². The third-order valence-corrected chi connectivity index (χ3v) is 2.93. The van der Waals surface area contributed by atoms with Gasteiger partial charge in [-0.25, -0.2) is 0 Å². The number of nitrogens with one attached hydrogen (secondary N) is 1. The lowest BCUT2D eigenvalue weighted by atomic mass is 10.1. The molecule has 1 aromatic carbocycles. The highest BCUT2D eigenvalue weighted by molar-refractivity contribution is 6.03. The van der Waals surface area contributed by atoms with E-state index >= 15 is 0 Å². The van der Waals surface area contributed by atoms with Crippen molar-refractivity contribution in [3.05, 3.63) is 47.8 Å². The van der Waals surface area contributed by atoms with Gasteiger partial charge in [0.1, 0.15) is 5.69 Å². The van der Waals surface area contributed by atoms with Crippen LogP contribution in [0.25, 0.3) is 0 Å². The molecule has 0 bridgehead atoms. The maximum Gasteiger partial charge on any atom is 0.273 e. The minimum Gasteiger partial charge on any atom is -0.321 e.